The Balaban J connectivity index is 0.000000537. The molecular formula is C31H31ClF3N7O4. The van der Waals surface area contributed by atoms with E-state index in [9.17, 15) is 22.8 Å². The molecule has 11 nitrogen and oxygen atoms in total. The number of carbonyl (C=O) groups is 3. The van der Waals surface area contributed by atoms with E-state index in [1.54, 1.807) is 4.68 Å². The summed E-state index contributed by atoms with van der Waals surface area (Å²) in [7, 11) is 0. The van der Waals surface area contributed by atoms with Crippen molar-refractivity contribution in [2.45, 2.75) is 38.5 Å². The van der Waals surface area contributed by atoms with Gasteiger partial charge in [-0.2, -0.15) is 17.9 Å². The zero-order valence-corrected chi connectivity index (χ0v) is 25.4. The fourth-order valence-corrected chi connectivity index (χ4v) is 5.79. The van der Waals surface area contributed by atoms with Crippen LogP contribution in [0, 0.1) is 5.92 Å². The number of likely N-dealkylation sites (tertiary alicyclic amines) is 1. The number of carboxylic acids is 1. The number of aromatic nitrogens is 4. The molecule has 0 bridgehead atoms. The van der Waals surface area contributed by atoms with E-state index >= 15 is 0 Å². The molecule has 2 fully saturated rings. The number of aliphatic carboxylic acids is 1. The monoisotopic (exact) mass is 657 g/mol. The third-order valence-corrected chi connectivity index (χ3v) is 8.38. The molecule has 2 aliphatic heterocycles. The van der Waals surface area contributed by atoms with Gasteiger partial charge in [0.05, 0.1) is 12.2 Å². The molecule has 242 valence electrons. The Labute approximate surface area is 267 Å². The van der Waals surface area contributed by atoms with E-state index in [0.29, 0.717) is 31.3 Å². The van der Waals surface area contributed by atoms with Crippen molar-refractivity contribution in [3.05, 3.63) is 83.1 Å². The lowest BCUT2D eigenvalue weighted by Crippen LogP contribution is -2.53. The summed E-state index contributed by atoms with van der Waals surface area (Å²) in [5.74, 6) is -2.11. The number of piperidine rings is 1. The van der Waals surface area contributed by atoms with Crippen LogP contribution in [0.1, 0.15) is 30.7 Å². The number of hydrogen-bond acceptors (Lipinski definition) is 7. The van der Waals surface area contributed by atoms with E-state index in [1.165, 1.54) is 4.90 Å². The molecule has 6 rings (SSSR count). The van der Waals surface area contributed by atoms with Gasteiger partial charge in [0.25, 0.3) is 0 Å². The lowest BCUT2D eigenvalue weighted by Gasteiger charge is -2.38. The number of benzene rings is 3. The first-order valence-electron chi connectivity index (χ1n) is 14.6. The second kappa shape index (κ2) is 14.3. The maximum atomic E-state index is 13.5. The molecule has 0 saturated carbocycles. The van der Waals surface area contributed by atoms with E-state index in [1.807, 2.05) is 65.6 Å². The van der Waals surface area contributed by atoms with Crippen molar-refractivity contribution in [1.29, 1.82) is 0 Å². The standard InChI is InChI=1S/C29H30ClN7O2.C2HF3O2/c30-25-10-4-2-7-23(25)19-34-15-12-21(13-16-34)18-35-17-14-28(38)36(29(35)39)20-27-31-32-33-37(27)26-11-5-8-22-6-1-3-9-24(22)26;3-2(4,5)1(6)7/h1-11,21H,12-20H2;(H,6,7). The van der Waals surface area contributed by atoms with Crippen molar-refractivity contribution in [3.8, 4) is 5.69 Å². The number of amides is 3. The number of halogens is 4. The molecule has 4 aromatic rings. The predicted octanol–water partition coefficient (Wildman–Crippen LogP) is 5.17. The summed E-state index contributed by atoms with van der Waals surface area (Å²) >= 11 is 6.35. The number of carboxylic acid groups (broad SMARTS) is 1. The highest BCUT2D eigenvalue weighted by Crippen LogP contribution is 2.26. The number of imide groups is 1. The van der Waals surface area contributed by atoms with Crippen LogP contribution < -0.4 is 0 Å². The van der Waals surface area contributed by atoms with E-state index in [-0.39, 0.29) is 18.5 Å². The highest BCUT2D eigenvalue weighted by atomic mass is 35.5. The minimum Gasteiger partial charge on any atom is -0.475 e. The van der Waals surface area contributed by atoms with Crippen molar-refractivity contribution in [2.24, 2.45) is 5.92 Å². The van der Waals surface area contributed by atoms with Crippen LogP contribution in [-0.2, 0) is 22.7 Å². The van der Waals surface area contributed by atoms with Crippen molar-refractivity contribution in [2.75, 3.05) is 26.2 Å². The third-order valence-electron chi connectivity index (χ3n) is 8.01. The molecule has 1 aromatic heterocycles. The fourth-order valence-electron chi connectivity index (χ4n) is 5.60. The molecule has 0 spiro atoms. The lowest BCUT2D eigenvalue weighted by molar-refractivity contribution is -0.192. The van der Waals surface area contributed by atoms with Gasteiger partial charge >= 0.3 is 18.2 Å². The van der Waals surface area contributed by atoms with Crippen LogP contribution in [-0.4, -0.2) is 90.3 Å². The summed E-state index contributed by atoms with van der Waals surface area (Å²) in [6, 6.07) is 21.6. The molecular weight excluding hydrogens is 627 g/mol. The number of hydrogen-bond donors (Lipinski definition) is 1. The number of nitrogens with zero attached hydrogens (tertiary/aromatic N) is 7. The van der Waals surface area contributed by atoms with Crippen molar-refractivity contribution in [1.82, 2.24) is 34.9 Å². The zero-order valence-electron chi connectivity index (χ0n) is 24.6. The second-order valence-corrected chi connectivity index (χ2v) is 11.5. The van der Waals surface area contributed by atoms with Crippen LogP contribution in [0.5, 0.6) is 0 Å². The number of fused-ring (bicyclic) bond motifs is 1. The number of tetrazole rings is 1. The quantitative estimate of drug-likeness (QED) is 0.289. The number of rotatable bonds is 7. The molecule has 1 N–H and O–H groups in total. The van der Waals surface area contributed by atoms with Crippen molar-refractivity contribution < 1.29 is 32.7 Å². The summed E-state index contributed by atoms with van der Waals surface area (Å²) in [6.07, 6.45) is -2.78. The normalized spacial score (nSPS) is 16.4. The Bertz CT molecular complexity index is 1700. The van der Waals surface area contributed by atoms with Crippen LogP contribution in [0.4, 0.5) is 18.0 Å². The Morgan fingerprint density at radius 3 is 2.33 bits per heavy atom. The highest BCUT2D eigenvalue weighted by Gasteiger charge is 2.38. The molecule has 2 aliphatic rings. The van der Waals surface area contributed by atoms with Gasteiger partial charge in [0, 0.05) is 36.5 Å². The molecule has 0 radical (unpaired) electrons. The minimum atomic E-state index is -5.08. The van der Waals surface area contributed by atoms with Crippen LogP contribution in [0.3, 0.4) is 0 Å². The Hall–Kier alpha value is -4.56. The Kier molecular flexibility index (Phi) is 10.2. The smallest absolute Gasteiger partial charge is 0.475 e. The topological polar surface area (TPSA) is 125 Å². The summed E-state index contributed by atoms with van der Waals surface area (Å²) in [6.45, 7) is 3.88. The third kappa shape index (κ3) is 7.80. The Morgan fingerprint density at radius 1 is 0.935 bits per heavy atom. The number of urea groups is 1. The molecule has 3 aromatic carbocycles. The van der Waals surface area contributed by atoms with E-state index < -0.39 is 12.1 Å². The molecule has 0 aliphatic carbocycles. The molecule has 0 atom stereocenters. The van der Waals surface area contributed by atoms with Crippen LogP contribution in [0.25, 0.3) is 16.5 Å². The minimum absolute atomic E-state index is 0.0284. The van der Waals surface area contributed by atoms with Gasteiger partial charge in [-0.15, -0.1) is 5.10 Å². The Morgan fingerprint density at radius 2 is 1.61 bits per heavy atom. The largest absolute Gasteiger partial charge is 0.490 e. The SMILES string of the molecule is O=C(O)C(F)(F)F.O=C1CCN(CC2CCN(Cc3ccccc3Cl)CC2)C(=O)N1Cc1nnnn1-c1cccc2ccccc12. The summed E-state index contributed by atoms with van der Waals surface area (Å²) in [5.41, 5.74) is 1.95. The molecule has 0 unspecified atom stereocenters. The van der Waals surface area contributed by atoms with E-state index in [2.05, 4.69) is 26.5 Å². The maximum Gasteiger partial charge on any atom is 0.490 e. The lowest BCUT2D eigenvalue weighted by atomic mass is 9.95. The summed E-state index contributed by atoms with van der Waals surface area (Å²) in [4.78, 5) is 40.8. The molecule has 2 saturated heterocycles. The van der Waals surface area contributed by atoms with Gasteiger partial charge in [0.2, 0.25) is 5.91 Å². The van der Waals surface area contributed by atoms with Gasteiger partial charge in [0.15, 0.2) is 5.82 Å². The second-order valence-electron chi connectivity index (χ2n) is 11.1. The van der Waals surface area contributed by atoms with Gasteiger partial charge in [-0.05, 0) is 65.4 Å². The molecule has 15 heteroatoms. The van der Waals surface area contributed by atoms with Crippen LogP contribution in [0.2, 0.25) is 5.02 Å². The van der Waals surface area contributed by atoms with Gasteiger partial charge in [-0.3, -0.25) is 14.6 Å². The molecule has 3 heterocycles. The fraction of sp³-hybridized carbons (Fsp3) is 0.355. The summed E-state index contributed by atoms with van der Waals surface area (Å²) < 4.78 is 33.4. The van der Waals surface area contributed by atoms with Crippen molar-refractivity contribution >= 4 is 40.3 Å². The van der Waals surface area contributed by atoms with Gasteiger partial charge in [-0.25, -0.2) is 9.59 Å². The molecule has 46 heavy (non-hydrogen) atoms. The van der Waals surface area contributed by atoms with E-state index in [0.717, 1.165) is 59.5 Å². The van der Waals surface area contributed by atoms with E-state index in [4.69, 9.17) is 21.5 Å². The summed E-state index contributed by atoms with van der Waals surface area (Å²) in [5, 5.41) is 22.2. The first kappa shape index (κ1) is 32.8. The predicted molar refractivity (Wildman–Crippen MR) is 162 cm³/mol. The van der Waals surface area contributed by atoms with Crippen molar-refractivity contribution in [3.63, 3.8) is 0 Å². The number of carbonyl (C=O) groups excluding carboxylic acids is 2. The highest BCUT2D eigenvalue weighted by molar-refractivity contribution is 6.31. The van der Waals surface area contributed by atoms with Gasteiger partial charge in [0.1, 0.15) is 0 Å². The van der Waals surface area contributed by atoms with Gasteiger partial charge in [-0.1, -0.05) is 66.2 Å². The molecule has 3 amide bonds. The van der Waals surface area contributed by atoms with Crippen LogP contribution in [0.15, 0.2) is 66.7 Å². The first-order chi connectivity index (χ1) is 22.0. The van der Waals surface area contributed by atoms with Crippen LogP contribution >= 0.6 is 11.6 Å². The first-order valence-corrected chi connectivity index (χ1v) is 15.0. The maximum absolute atomic E-state index is 13.5. The number of alkyl halides is 3. The average molecular weight is 658 g/mol. The average Bonchev–Trinajstić information content (AvgIpc) is 3.50. The van der Waals surface area contributed by atoms with Gasteiger partial charge < -0.3 is 10.0 Å². The zero-order chi connectivity index (χ0) is 32.8.